The number of hydrogen-bond donors (Lipinski definition) is 0. The topological polar surface area (TPSA) is 91.7 Å². The molecule has 26 heavy (non-hydrogen) atoms. The Kier molecular flexibility index (Phi) is 4.52. The van der Waals surface area contributed by atoms with Crippen molar-refractivity contribution in [3.8, 4) is 5.75 Å². The van der Waals surface area contributed by atoms with Gasteiger partial charge >= 0.3 is 5.97 Å². The fourth-order valence-corrected chi connectivity index (χ4v) is 4.14. The Hall–Kier alpha value is -3.13. The number of carbonyl (C=O) groups excluding carboxylic acids is 2. The van der Waals surface area contributed by atoms with Crippen LogP contribution in [0.1, 0.15) is 10.5 Å². The van der Waals surface area contributed by atoms with Gasteiger partial charge in [0.1, 0.15) is 11.4 Å². The number of methoxy groups -OCH3 is 2. The van der Waals surface area contributed by atoms with Gasteiger partial charge < -0.3 is 9.47 Å². The predicted molar refractivity (Wildman–Crippen MR) is 93.9 cm³/mol. The normalized spacial score (nSPS) is 11.3. The van der Waals surface area contributed by atoms with E-state index in [1.54, 1.807) is 30.3 Å². The highest BCUT2D eigenvalue weighted by Crippen LogP contribution is 2.29. The number of fused-ring (bicyclic) bond motifs is 1. The van der Waals surface area contributed by atoms with Gasteiger partial charge in [-0.05, 0) is 36.4 Å². The van der Waals surface area contributed by atoms with Gasteiger partial charge in [0.2, 0.25) is 0 Å². The monoisotopic (exact) mass is 373 g/mol. The molecular formula is C18H15NO6S. The summed E-state index contributed by atoms with van der Waals surface area (Å²) in [5.41, 5.74) is -0.0501. The summed E-state index contributed by atoms with van der Waals surface area (Å²) in [5, 5.41) is 0.441. The zero-order valence-corrected chi connectivity index (χ0v) is 14.8. The van der Waals surface area contributed by atoms with Crippen LogP contribution < -0.4 is 4.74 Å². The molecule has 0 aliphatic carbocycles. The number of esters is 1. The van der Waals surface area contributed by atoms with Crippen molar-refractivity contribution in [3.05, 3.63) is 60.3 Å². The molecule has 0 unspecified atom stereocenters. The summed E-state index contributed by atoms with van der Waals surface area (Å²) in [6.07, 6.45) is 0. The van der Waals surface area contributed by atoms with Crippen molar-refractivity contribution in [2.24, 2.45) is 0 Å². The summed E-state index contributed by atoms with van der Waals surface area (Å²) >= 11 is 0. The van der Waals surface area contributed by atoms with Gasteiger partial charge in [-0.1, -0.05) is 18.2 Å². The molecule has 0 saturated carbocycles. The first kappa shape index (κ1) is 17.7. The first-order chi connectivity index (χ1) is 12.4. The summed E-state index contributed by atoms with van der Waals surface area (Å²) in [6.45, 7) is 0. The molecule has 0 atom stereocenters. The molecule has 3 aromatic rings. The SMILES string of the molecule is COC(=O)C(=O)c1cc2cc(OC)ccc2n1S(=O)(=O)c1ccccc1. The lowest BCUT2D eigenvalue weighted by Crippen LogP contribution is -2.23. The number of benzene rings is 2. The molecule has 0 bridgehead atoms. The fourth-order valence-electron chi connectivity index (χ4n) is 2.61. The lowest BCUT2D eigenvalue weighted by molar-refractivity contribution is -0.135. The van der Waals surface area contributed by atoms with E-state index in [1.165, 1.54) is 31.4 Å². The van der Waals surface area contributed by atoms with E-state index in [-0.39, 0.29) is 16.1 Å². The van der Waals surface area contributed by atoms with E-state index >= 15 is 0 Å². The maximum atomic E-state index is 13.1. The molecule has 0 fully saturated rings. The maximum Gasteiger partial charge on any atom is 0.381 e. The highest BCUT2D eigenvalue weighted by molar-refractivity contribution is 7.90. The van der Waals surface area contributed by atoms with E-state index in [0.717, 1.165) is 11.1 Å². The Balaban J connectivity index is 2.35. The van der Waals surface area contributed by atoms with Gasteiger partial charge in [0.15, 0.2) is 0 Å². The summed E-state index contributed by atoms with van der Waals surface area (Å²) in [4.78, 5) is 24.1. The van der Waals surface area contributed by atoms with Crippen molar-refractivity contribution in [3.63, 3.8) is 0 Å². The number of ether oxygens (including phenoxy) is 2. The number of Topliss-reactive ketones (excluding diaryl/α,β-unsaturated/α-hetero) is 1. The van der Waals surface area contributed by atoms with Crippen molar-refractivity contribution in [2.45, 2.75) is 4.90 Å². The molecule has 0 aliphatic rings. The number of rotatable bonds is 5. The number of ketones is 1. The van der Waals surface area contributed by atoms with Crippen LogP contribution >= 0.6 is 0 Å². The first-order valence-corrected chi connectivity index (χ1v) is 8.97. The maximum absolute atomic E-state index is 13.1. The molecule has 2 aromatic carbocycles. The number of nitrogens with zero attached hydrogens (tertiary/aromatic N) is 1. The van der Waals surface area contributed by atoms with Crippen LogP contribution in [0.25, 0.3) is 10.9 Å². The second-order valence-electron chi connectivity index (χ2n) is 5.36. The van der Waals surface area contributed by atoms with Gasteiger partial charge in [0, 0.05) is 5.39 Å². The summed E-state index contributed by atoms with van der Waals surface area (Å²) < 4.78 is 36.7. The largest absolute Gasteiger partial charge is 0.497 e. The smallest absolute Gasteiger partial charge is 0.381 e. The molecule has 0 aliphatic heterocycles. The zero-order valence-electron chi connectivity index (χ0n) is 14.0. The Labute approximate surface area is 149 Å². The van der Waals surface area contributed by atoms with Crippen molar-refractivity contribution in [1.29, 1.82) is 0 Å². The Bertz CT molecular complexity index is 1100. The minimum absolute atomic E-state index is 0.00719. The molecule has 134 valence electrons. The predicted octanol–water partition coefficient (Wildman–Crippen LogP) is 2.24. The second-order valence-corrected chi connectivity index (χ2v) is 7.14. The minimum Gasteiger partial charge on any atom is -0.497 e. The van der Waals surface area contributed by atoms with Crippen LogP contribution in [0.4, 0.5) is 0 Å². The Morgan fingerprint density at radius 3 is 2.27 bits per heavy atom. The standard InChI is InChI=1S/C18H15NO6S/c1-24-13-8-9-15-12(10-13)11-16(17(20)18(21)25-2)19(15)26(22,23)14-6-4-3-5-7-14/h3-11H,1-2H3. The van der Waals surface area contributed by atoms with Gasteiger partial charge in [0.25, 0.3) is 15.8 Å². The Morgan fingerprint density at radius 1 is 0.962 bits per heavy atom. The molecule has 1 aromatic heterocycles. The molecule has 0 saturated heterocycles. The van der Waals surface area contributed by atoms with Crippen LogP contribution in [0, 0.1) is 0 Å². The minimum atomic E-state index is -4.11. The second kappa shape index (κ2) is 6.64. The van der Waals surface area contributed by atoms with Crippen molar-refractivity contribution >= 4 is 32.7 Å². The van der Waals surface area contributed by atoms with E-state index in [1.807, 2.05) is 0 Å². The lowest BCUT2D eigenvalue weighted by atomic mass is 10.2. The number of aromatic nitrogens is 1. The molecule has 0 radical (unpaired) electrons. The third kappa shape index (κ3) is 2.84. The van der Waals surface area contributed by atoms with Crippen LogP contribution in [-0.2, 0) is 19.6 Å². The zero-order chi connectivity index (χ0) is 18.9. The van der Waals surface area contributed by atoms with Gasteiger partial charge in [-0.25, -0.2) is 17.2 Å². The molecule has 0 spiro atoms. The molecule has 8 heteroatoms. The van der Waals surface area contributed by atoms with Gasteiger partial charge in [-0.15, -0.1) is 0 Å². The molecule has 1 heterocycles. The number of hydrogen-bond acceptors (Lipinski definition) is 6. The third-order valence-corrected chi connectivity index (χ3v) is 5.59. The quantitative estimate of drug-likeness (QED) is 0.387. The highest BCUT2D eigenvalue weighted by atomic mass is 32.2. The third-order valence-electron chi connectivity index (χ3n) is 3.85. The molecule has 0 amide bonds. The van der Waals surface area contributed by atoms with Crippen molar-refractivity contribution in [1.82, 2.24) is 3.97 Å². The average molecular weight is 373 g/mol. The summed E-state index contributed by atoms with van der Waals surface area (Å²) in [7, 11) is -1.58. The molecule has 0 N–H and O–H groups in total. The molecule has 3 rings (SSSR count). The summed E-state index contributed by atoms with van der Waals surface area (Å²) in [5.74, 6) is -1.71. The first-order valence-electron chi connectivity index (χ1n) is 7.53. The summed E-state index contributed by atoms with van der Waals surface area (Å²) in [6, 6.07) is 13.7. The molecular weight excluding hydrogens is 358 g/mol. The van der Waals surface area contributed by atoms with Crippen LogP contribution in [0.2, 0.25) is 0 Å². The van der Waals surface area contributed by atoms with Crippen LogP contribution in [0.3, 0.4) is 0 Å². The van der Waals surface area contributed by atoms with E-state index in [0.29, 0.717) is 11.1 Å². The van der Waals surface area contributed by atoms with Crippen LogP contribution in [-0.4, -0.2) is 38.4 Å². The lowest BCUT2D eigenvalue weighted by Gasteiger charge is -2.11. The number of carbonyl (C=O) groups is 2. The average Bonchev–Trinajstić information content (AvgIpc) is 3.06. The highest BCUT2D eigenvalue weighted by Gasteiger charge is 2.30. The van der Waals surface area contributed by atoms with Crippen LogP contribution in [0.15, 0.2) is 59.5 Å². The van der Waals surface area contributed by atoms with E-state index in [9.17, 15) is 18.0 Å². The fraction of sp³-hybridized carbons (Fsp3) is 0.111. The van der Waals surface area contributed by atoms with Gasteiger partial charge in [-0.2, -0.15) is 0 Å². The van der Waals surface area contributed by atoms with Crippen LogP contribution in [0.5, 0.6) is 5.75 Å². The van der Waals surface area contributed by atoms with E-state index in [4.69, 9.17) is 4.74 Å². The van der Waals surface area contributed by atoms with Gasteiger partial charge in [-0.3, -0.25) is 4.79 Å². The van der Waals surface area contributed by atoms with E-state index in [2.05, 4.69) is 4.74 Å². The van der Waals surface area contributed by atoms with Gasteiger partial charge in [0.05, 0.1) is 24.6 Å². The van der Waals surface area contributed by atoms with Crippen molar-refractivity contribution < 1.29 is 27.5 Å². The van der Waals surface area contributed by atoms with E-state index < -0.39 is 21.8 Å². The molecule has 7 nitrogen and oxygen atoms in total. The Morgan fingerprint density at radius 2 is 1.65 bits per heavy atom. The van der Waals surface area contributed by atoms with Crippen molar-refractivity contribution in [2.75, 3.05) is 14.2 Å².